The van der Waals surface area contributed by atoms with Crippen LogP contribution in [0, 0.1) is 0 Å². The molecular formula is C13H21N3O6. The normalized spacial score (nSPS) is 14.2. The quantitative estimate of drug-likeness (QED) is 0.428. The standard InChI is InChI=1S/C9H16O5.C4H5N3O/c1-2-3-8(10)14-7-11-6-9-12-4-5-13-9;5-3-1-2-6-4(8)7-3/h9H,2-7H2,1H3;1-2H,(H3,5,6,7,8). The first kappa shape index (κ1) is 18.1. The highest BCUT2D eigenvalue weighted by atomic mass is 16.7. The van der Waals surface area contributed by atoms with Crippen LogP contribution in [0.25, 0.3) is 0 Å². The Bertz CT molecular complexity index is 487. The molecule has 2 rings (SSSR count). The van der Waals surface area contributed by atoms with Crippen LogP contribution in [0.15, 0.2) is 17.1 Å². The third kappa shape index (κ3) is 8.35. The zero-order valence-electron chi connectivity index (χ0n) is 12.4. The number of nitrogens with zero attached hydrogens (tertiary/aromatic N) is 1. The van der Waals surface area contributed by atoms with E-state index in [9.17, 15) is 9.59 Å². The molecule has 0 amide bonds. The van der Waals surface area contributed by atoms with E-state index >= 15 is 0 Å². The van der Waals surface area contributed by atoms with Gasteiger partial charge in [0.2, 0.25) is 0 Å². The Morgan fingerprint density at radius 2 is 2.23 bits per heavy atom. The van der Waals surface area contributed by atoms with Crippen molar-refractivity contribution in [1.29, 1.82) is 0 Å². The van der Waals surface area contributed by atoms with E-state index < -0.39 is 5.69 Å². The van der Waals surface area contributed by atoms with Crippen molar-refractivity contribution in [2.45, 2.75) is 26.1 Å². The number of H-pyrrole nitrogens is 1. The minimum atomic E-state index is -0.412. The van der Waals surface area contributed by atoms with Gasteiger partial charge in [0.25, 0.3) is 0 Å². The van der Waals surface area contributed by atoms with Crippen LogP contribution in [0.4, 0.5) is 5.82 Å². The molecular weight excluding hydrogens is 294 g/mol. The lowest BCUT2D eigenvalue weighted by Gasteiger charge is -2.09. The Labute approximate surface area is 127 Å². The first-order valence-electron chi connectivity index (χ1n) is 6.89. The van der Waals surface area contributed by atoms with Crippen LogP contribution in [0.2, 0.25) is 0 Å². The minimum Gasteiger partial charge on any atom is -0.438 e. The SMILES string of the molecule is CCCC(=O)OCOCC1OCCO1.Nc1ccnc(=O)[nH]1. The highest BCUT2D eigenvalue weighted by Crippen LogP contribution is 2.03. The monoisotopic (exact) mass is 315 g/mol. The summed E-state index contributed by atoms with van der Waals surface area (Å²) in [5.74, 6) is 0.103. The third-order valence-electron chi connectivity index (χ3n) is 2.40. The van der Waals surface area contributed by atoms with E-state index in [4.69, 9.17) is 24.7 Å². The molecule has 1 aliphatic rings. The summed E-state index contributed by atoms with van der Waals surface area (Å²) >= 11 is 0. The number of nitrogens with one attached hydrogen (secondary N) is 1. The second-order valence-electron chi connectivity index (χ2n) is 4.26. The molecule has 1 aliphatic heterocycles. The molecule has 0 aliphatic carbocycles. The molecule has 1 aromatic rings. The zero-order valence-corrected chi connectivity index (χ0v) is 12.4. The number of nitrogens with two attached hydrogens (primary N) is 1. The van der Waals surface area contributed by atoms with Gasteiger partial charge in [-0.2, -0.15) is 0 Å². The van der Waals surface area contributed by atoms with Crippen LogP contribution in [-0.4, -0.2) is 48.8 Å². The maximum atomic E-state index is 10.9. The molecule has 0 aromatic carbocycles. The van der Waals surface area contributed by atoms with Crippen LogP contribution < -0.4 is 11.4 Å². The Morgan fingerprint density at radius 1 is 1.50 bits per heavy atom. The van der Waals surface area contributed by atoms with Crippen molar-refractivity contribution in [2.24, 2.45) is 0 Å². The average molecular weight is 315 g/mol. The Kier molecular flexibility index (Phi) is 8.80. The highest BCUT2D eigenvalue weighted by Gasteiger charge is 2.15. The summed E-state index contributed by atoms with van der Waals surface area (Å²) in [6, 6.07) is 1.52. The number of carbonyl (C=O) groups is 1. The Balaban J connectivity index is 0.000000255. The van der Waals surface area contributed by atoms with Gasteiger partial charge >= 0.3 is 11.7 Å². The first-order valence-corrected chi connectivity index (χ1v) is 6.89. The molecule has 0 spiro atoms. The summed E-state index contributed by atoms with van der Waals surface area (Å²) in [7, 11) is 0. The molecule has 0 unspecified atom stereocenters. The van der Waals surface area contributed by atoms with Gasteiger partial charge in [-0.3, -0.25) is 9.78 Å². The maximum Gasteiger partial charge on any atom is 0.346 e. The van der Waals surface area contributed by atoms with Crippen molar-refractivity contribution < 1.29 is 23.7 Å². The number of rotatable bonds is 6. The Morgan fingerprint density at radius 3 is 2.77 bits per heavy atom. The lowest BCUT2D eigenvalue weighted by Crippen LogP contribution is -2.18. The van der Waals surface area contributed by atoms with E-state index in [0.29, 0.717) is 32.1 Å². The van der Waals surface area contributed by atoms with E-state index in [-0.39, 0.29) is 19.1 Å². The fourth-order valence-electron chi connectivity index (χ4n) is 1.41. The lowest BCUT2D eigenvalue weighted by atomic mass is 10.3. The zero-order chi connectivity index (χ0) is 16.2. The average Bonchev–Trinajstić information content (AvgIpc) is 2.98. The van der Waals surface area contributed by atoms with Gasteiger partial charge < -0.3 is 24.7 Å². The van der Waals surface area contributed by atoms with Gasteiger partial charge in [0.15, 0.2) is 13.1 Å². The van der Waals surface area contributed by atoms with Crippen LogP contribution in [0.5, 0.6) is 0 Å². The molecule has 3 N–H and O–H groups in total. The number of aromatic amines is 1. The number of hydrogen-bond acceptors (Lipinski definition) is 8. The van der Waals surface area contributed by atoms with Crippen molar-refractivity contribution in [3.63, 3.8) is 0 Å². The van der Waals surface area contributed by atoms with Gasteiger partial charge in [0, 0.05) is 12.6 Å². The summed E-state index contributed by atoms with van der Waals surface area (Å²) in [5, 5.41) is 0. The van der Waals surface area contributed by atoms with Crippen molar-refractivity contribution >= 4 is 11.8 Å². The van der Waals surface area contributed by atoms with E-state index in [1.807, 2.05) is 6.92 Å². The van der Waals surface area contributed by atoms with Crippen molar-refractivity contribution in [3.8, 4) is 0 Å². The molecule has 9 heteroatoms. The summed E-state index contributed by atoms with van der Waals surface area (Å²) < 4.78 is 20.1. The Hall–Kier alpha value is -1.97. The summed E-state index contributed by atoms with van der Waals surface area (Å²) in [4.78, 5) is 26.7. The van der Waals surface area contributed by atoms with E-state index in [1.165, 1.54) is 12.3 Å². The first-order chi connectivity index (χ1) is 10.6. The van der Waals surface area contributed by atoms with Crippen molar-refractivity contribution in [2.75, 3.05) is 32.3 Å². The largest absolute Gasteiger partial charge is 0.438 e. The number of hydrogen-bond donors (Lipinski definition) is 2. The molecule has 1 saturated heterocycles. The van der Waals surface area contributed by atoms with Crippen LogP contribution >= 0.6 is 0 Å². The summed E-state index contributed by atoms with van der Waals surface area (Å²) in [5.41, 5.74) is 4.75. The predicted octanol–water partition coefficient (Wildman–Crippen LogP) is 0.0288. The number of nitrogen functional groups attached to an aromatic ring is 1. The van der Waals surface area contributed by atoms with Crippen LogP contribution in [0.1, 0.15) is 19.8 Å². The number of anilines is 1. The molecule has 0 radical (unpaired) electrons. The number of ether oxygens (including phenoxy) is 4. The molecule has 0 atom stereocenters. The van der Waals surface area contributed by atoms with Gasteiger partial charge in [-0.25, -0.2) is 9.78 Å². The number of carbonyl (C=O) groups excluding carboxylic acids is 1. The van der Waals surface area contributed by atoms with E-state index in [1.54, 1.807) is 0 Å². The van der Waals surface area contributed by atoms with Crippen LogP contribution in [0.3, 0.4) is 0 Å². The predicted molar refractivity (Wildman–Crippen MR) is 76.8 cm³/mol. The molecule has 0 saturated carbocycles. The smallest absolute Gasteiger partial charge is 0.346 e. The van der Waals surface area contributed by atoms with Crippen molar-refractivity contribution in [3.05, 3.63) is 22.7 Å². The third-order valence-corrected chi connectivity index (χ3v) is 2.40. The second kappa shape index (κ2) is 10.7. The van der Waals surface area contributed by atoms with E-state index in [0.717, 1.165) is 6.42 Å². The van der Waals surface area contributed by atoms with Gasteiger partial charge in [-0.1, -0.05) is 6.92 Å². The highest BCUT2D eigenvalue weighted by molar-refractivity contribution is 5.69. The molecule has 124 valence electrons. The van der Waals surface area contributed by atoms with Gasteiger partial charge in [-0.05, 0) is 12.5 Å². The van der Waals surface area contributed by atoms with Crippen molar-refractivity contribution in [1.82, 2.24) is 9.97 Å². The number of esters is 1. The minimum absolute atomic E-state index is 0.0257. The fraction of sp³-hybridized carbons (Fsp3) is 0.615. The molecule has 0 bridgehead atoms. The second-order valence-corrected chi connectivity index (χ2v) is 4.26. The fourth-order valence-corrected chi connectivity index (χ4v) is 1.41. The van der Waals surface area contributed by atoms with Gasteiger partial charge in [-0.15, -0.1) is 0 Å². The summed E-state index contributed by atoms with van der Waals surface area (Å²) in [6.45, 7) is 3.40. The van der Waals surface area contributed by atoms with Gasteiger partial charge in [0.1, 0.15) is 12.4 Å². The molecule has 2 heterocycles. The van der Waals surface area contributed by atoms with Gasteiger partial charge in [0.05, 0.1) is 13.2 Å². The number of aromatic nitrogens is 2. The molecule has 1 aromatic heterocycles. The molecule has 9 nitrogen and oxygen atoms in total. The lowest BCUT2D eigenvalue weighted by molar-refractivity contribution is -0.166. The maximum absolute atomic E-state index is 10.9. The van der Waals surface area contributed by atoms with E-state index in [2.05, 4.69) is 9.97 Å². The topological polar surface area (TPSA) is 126 Å². The molecule has 22 heavy (non-hydrogen) atoms. The van der Waals surface area contributed by atoms with Crippen LogP contribution in [-0.2, 0) is 23.7 Å². The summed E-state index contributed by atoms with van der Waals surface area (Å²) in [6.07, 6.45) is 2.27. The molecule has 1 fully saturated rings.